The van der Waals surface area contributed by atoms with Crippen molar-refractivity contribution in [3.05, 3.63) is 77.4 Å². The number of amides is 1. The van der Waals surface area contributed by atoms with Gasteiger partial charge in [0, 0.05) is 49.5 Å². The Morgan fingerprint density at radius 1 is 1.00 bits per heavy atom. The van der Waals surface area contributed by atoms with Crippen LogP contribution >= 0.6 is 11.3 Å². The van der Waals surface area contributed by atoms with Crippen LogP contribution in [0.5, 0.6) is 11.5 Å². The zero-order valence-electron chi connectivity index (χ0n) is 19.8. The summed E-state index contributed by atoms with van der Waals surface area (Å²) >= 11 is 1.62. The molecule has 0 spiro atoms. The fraction of sp³-hybridized carbons (Fsp3) is 0.269. The van der Waals surface area contributed by atoms with Crippen LogP contribution in [0.25, 0.3) is 11.3 Å². The predicted octanol–water partition coefficient (Wildman–Crippen LogP) is 4.03. The SMILES string of the molecule is COc1ccc(-c2nn(Cc3ccccc3)cc2C(=O)N2CCN(c3nccs3)CC2)cc1OC. The summed E-state index contributed by atoms with van der Waals surface area (Å²) in [6.07, 6.45) is 3.67. The van der Waals surface area contributed by atoms with Gasteiger partial charge in [0.2, 0.25) is 0 Å². The minimum absolute atomic E-state index is 0.0205. The lowest BCUT2D eigenvalue weighted by atomic mass is 10.1. The van der Waals surface area contributed by atoms with Crippen LogP contribution in [0, 0.1) is 0 Å². The Bertz CT molecular complexity index is 1280. The number of hydrogen-bond acceptors (Lipinski definition) is 7. The second-order valence-electron chi connectivity index (χ2n) is 8.24. The number of aromatic nitrogens is 3. The first kappa shape index (κ1) is 22.9. The van der Waals surface area contributed by atoms with Crippen LogP contribution in [0.1, 0.15) is 15.9 Å². The number of hydrogen-bond donors (Lipinski definition) is 0. The molecule has 2 aromatic heterocycles. The van der Waals surface area contributed by atoms with Crippen LogP contribution in [-0.4, -0.2) is 66.0 Å². The van der Waals surface area contributed by atoms with Gasteiger partial charge in [0.05, 0.1) is 26.3 Å². The van der Waals surface area contributed by atoms with Crippen LogP contribution in [0.2, 0.25) is 0 Å². The van der Waals surface area contributed by atoms with Gasteiger partial charge in [-0.3, -0.25) is 9.48 Å². The number of rotatable bonds is 7. The molecule has 4 aromatic rings. The van der Waals surface area contributed by atoms with E-state index >= 15 is 0 Å². The van der Waals surface area contributed by atoms with Crippen LogP contribution in [-0.2, 0) is 6.54 Å². The normalized spacial score (nSPS) is 13.7. The fourth-order valence-corrected chi connectivity index (χ4v) is 4.97. The zero-order chi connectivity index (χ0) is 24.2. The van der Waals surface area contributed by atoms with Crippen molar-refractivity contribution in [1.82, 2.24) is 19.7 Å². The third-order valence-electron chi connectivity index (χ3n) is 6.09. The Morgan fingerprint density at radius 3 is 2.46 bits per heavy atom. The molecule has 0 aliphatic carbocycles. The summed E-state index contributed by atoms with van der Waals surface area (Å²) in [6, 6.07) is 15.7. The fourth-order valence-electron chi connectivity index (χ4n) is 4.27. The smallest absolute Gasteiger partial charge is 0.257 e. The van der Waals surface area contributed by atoms with E-state index in [-0.39, 0.29) is 5.91 Å². The maximum Gasteiger partial charge on any atom is 0.257 e. The molecule has 0 unspecified atom stereocenters. The molecule has 1 amide bonds. The van der Waals surface area contributed by atoms with E-state index in [0.29, 0.717) is 42.4 Å². The number of methoxy groups -OCH3 is 2. The average molecular weight is 490 g/mol. The quantitative estimate of drug-likeness (QED) is 0.390. The first-order valence-corrected chi connectivity index (χ1v) is 12.3. The average Bonchev–Trinajstić information content (AvgIpc) is 3.59. The van der Waals surface area contributed by atoms with E-state index in [1.807, 2.05) is 63.8 Å². The Labute approximate surface area is 208 Å². The van der Waals surface area contributed by atoms with Crippen LogP contribution in [0.3, 0.4) is 0 Å². The molecule has 1 aliphatic rings. The van der Waals surface area contributed by atoms with E-state index < -0.39 is 0 Å². The Hall–Kier alpha value is -3.85. The number of piperazine rings is 1. The standard InChI is InChI=1S/C26H27N5O3S/c1-33-22-9-8-20(16-23(22)34-2)24-21(18-31(28-24)17-19-6-4-3-5-7-19)25(32)29-11-13-30(14-12-29)26-27-10-15-35-26/h3-10,15-16,18H,11-14,17H2,1-2H3. The molecule has 3 heterocycles. The van der Waals surface area contributed by atoms with Gasteiger partial charge in [0.15, 0.2) is 16.6 Å². The highest BCUT2D eigenvalue weighted by molar-refractivity contribution is 7.13. The second-order valence-corrected chi connectivity index (χ2v) is 9.11. The molecule has 0 N–H and O–H groups in total. The number of benzene rings is 2. The van der Waals surface area contributed by atoms with E-state index in [4.69, 9.17) is 14.6 Å². The van der Waals surface area contributed by atoms with E-state index in [1.165, 1.54) is 0 Å². The maximum absolute atomic E-state index is 13.7. The lowest BCUT2D eigenvalue weighted by Crippen LogP contribution is -2.48. The summed E-state index contributed by atoms with van der Waals surface area (Å²) in [4.78, 5) is 22.2. The Kier molecular flexibility index (Phi) is 6.67. The molecule has 2 aromatic carbocycles. The summed E-state index contributed by atoms with van der Waals surface area (Å²) in [7, 11) is 3.20. The van der Waals surface area contributed by atoms with Crippen molar-refractivity contribution in [1.29, 1.82) is 0 Å². The number of thiazole rings is 1. The summed E-state index contributed by atoms with van der Waals surface area (Å²) in [5.74, 6) is 1.21. The van der Waals surface area contributed by atoms with Gasteiger partial charge in [-0.1, -0.05) is 30.3 Å². The molecule has 180 valence electrons. The van der Waals surface area contributed by atoms with Gasteiger partial charge >= 0.3 is 0 Å². The van der Waals surface area contributed by atoms with Crippen molar-refractivity contribution in [2.24, 2.45) is 0 Å². The molecule has 1 saturated heterocycles. The lowest BCUT2D eigenvalue weighted by molar-refractivity contribution is 0.0747. The van der Waals surface area contributed by atoms with Crippen molar-refractivity contribution in [2.45, 2.75) is 6.54 Å². The monoisotopic (exact) mass is 489 g/mol. The Morgan fingerprint density at radius 2 is 1.77 bits per heavy atom. The van der Waals surface area contributed by atoms with Crippen molar-refractivity contribution in [2.75, 3.05) is 45.3 Å². The highest BCUT2D eigenvalue weighted by atomic mass is 32.1. The molecular weight excluding hydrogens is 462 g/mol. The number of ether oxygens (including phenoxy) is 2. The predicted molar refractivity (Wildman–Crippen MR) is 137 cm³/mol. The van der Waals surface area contributed by atoms with Gasteiger partial charge in [0.25, 0.3) is 5.91 Å². The van der Waals surface area contributed by atoms with Gasteiger partial charge < -0.3 is 19.3 Å². The number of nitrogens with zero attached hydrogens (tertiary/aromatic N) is 5. The molecule has 1 fully saturated rings. The lowest BCUT2D eigenvalue weighted by Gasteiger charge is -2.34. The third kappa shape index (κ3) is 4.85. The molecule has 0 radical (unpaired) electrons. The third-order valence-corrected chi connectivity index (χ3v) is 6.93. The van der Waals surface area contributed by atoms with Gasteiger partial charge in [-0.2, -0.15) is 5.10 Å². The van der Waals surface area contributed by atoms with E-state index in [2.05, 4.69) is 22.0 Å². The molecule has 8 nitrogen and oxygen atoms in total. The topological polar surface area (TPSA) is 72.7 Å². The van der Waals surface area contributed by atoms with Gasteiger partial charge in [-0.15, -0.1) is 11.3 Å². The second kappa shape index (κ2) is 10.2. The number of carbonyl (C=O) groups is 1. The number of anilines is 1. The summed E-state index contributed by atoms with van der Waals surface area (Å²) in [6.45, 7) is 3.35. The van der Waals surface area contributed by atoms with Crippen molar-refractivity contribution >= 4 is 22.4 Å². The van der Waals surface area contributed by atoms with Gasteiger partial charge in [-0.05, 0) is 23.8 Å². The van der Waals surface area contributed by atoms with Gasteiger partial charge in [-0.25, -0.2) is 4.98 Å². The molecule has 35 heavy (non-hydrogen) atoms. The van der Waals surface area contributed by atoms with Crippen LogP contribution < -0.4 is 14.4 Å². The molecule has 0 saturated carbocycles. The molecule has 1 aliphatic heterocycles. The molecular formula is C26H27N5O3S. The maximum atomic E-state index is 13.7. The van der Waals surface area contributed by atoms with Crippen LogP contribution in [0.15, 0.2) is 66.3 Å². The molecule has 5 rings (SSSR count). The zero-order valence-corrected chi connectivity index (χ0v) is 20.6. The summed E-state index contributed by atoms with van der Waals surface area (Å²) in [5, 5.41) is 7.81. The van der Waals surface area contributed by atoms with E-state index in [9.17, 15) is 4.79 Å². The minimum Gasteiger partial charge on any atom is -0.493 e. The summed E-state index contributed by atoms with van der Waals surface area (Å²) in [5.41, 5.74) is 3.13. The first-order valence-electron chi connectivity index (χ1n) is 11.4. The highest BCUT2D eigenvalue weighted by Crippen LogP contribution is 2.33. The van der Waals surface area contributed by atoms with Crippen molar-refractivity contribution < 1.29 is 14.3 Å². The summed E-state index contributed by atoms with van der Waals surface area (Å²) < 4.78 is 12.7. The minimum atomic E-state index is -0.0205. The molecule has 0 bridgehead atoms. The largest absolute Gasteiger partial charge is 0.493 e. The number of carbonyl (C=O) groups excluding carboxylic acids is 1. The first-order chi connectivity index (χ1) is 17.2. The van der Waals surface area contributed by atoms with Gasteiger partial charge in [0.1, 0.15) is 5.69 Å². The Balaban J connectivity index is 1.45. The molecule has 9 heteroatoms. The van der Waals surface area contributed by atoms with E-state index in [1.54, 1.807) is 25.6 Å². The highest BCUT2D eigenvalue weighted by Gasteiger charge is 2.27. The molecule has 0 atom stereocenters. The van der Waals surface area contributed by atoms with E-state index in [0.717, 1.165) is 29.3 Å². The van der Waals surface area contributed by atoms with Crippen LogP contribution in [0.4, 0.5) is 5.13 Å². The van der Waals surface area contributed by atoms with Crippen molar-refractivity contribution in [3.8, 4) is 22.8 Å². The van der Waals surface area contributed by atoms with Crippen molar-refractivity contribution in [3.63, 3.8) is 0 Å².